The van der Waals surface area contributed by atoms with Crippen molar-refractivity contribution in [2.75, 3.05) is 0 Å². The molecule has 1 aromatic heterocycles. The van der Waals surface area contributed by atoms with E-state index in [-0.39, 0.29) is 16.6 Å². The summed E-state index contributed by atoms with van der Waals surface area (Å²) in [4.78, 5) is 13.5. The van der Waals surface area contributed by atoms with Crippen molar-refractivity contribution in [3.8, 4) is 11.5 Å². The first-order valence-electron chi connectivity index (χ1n) is 11.0. The van der Waals surface area contributed by atoms with Crippen molar-refractivity contribution in [2.45, 2.75) is 60.0 Å². The molecule has 0 saturated carbocycles. The average molecular weight is 431 g/mol. The highest BCUT2D eigenvalue weighted by atomic mass is 16.5. The summed E-state index contributed by atoms with van der Waals surface area (Å²) in [5.74, 6) is 0.482. The van der Waals surface area contributed by atoms with Crippen molar-refractivity contribution in [1.29, 1.82) is 0 Å². The number of allylic oxidation sites excluding steroid dienone is 4. The molecule has 0 radical (unpaired) electrons. The molecule has 0 unspecified atom stereocenters. The van der Waals surface area contributed by atoms with Crippen molar-refractivity contribution in [2.24, 2.45) is 0 Å². The summed E-state index contributed by atoms with van der Waals surface area (Å²) in [5, 5.41) is 11.8. The van der Waals surface area contributed by atoms with Gasteiger partial charge >= 0.3 is 0 Å². The highest BCUT2D eigenvalue weighted by Gasteiger charge is 2.30. The van der Waals surface area contributed by atoms with Crippen LogP contribution in [0.5, 0.6) is 11.5 Å². The van der Waals surface area contributed by atoms with Gasteiger partial charge in [-0.25, -0.2) is 0 Å². The van der Waals surface area contributed by atoms with Gasteiger partial charge in [-0.1, -0.05) is 29.4 Å². The van der Waals surface area contributed by atoms with Crippen LogP contribution in [0, 0.1) is 0 Å². The predicted molar refractivity (Wildman–Crippen MR) is 132 cm³/mol. The topological polar surface area (TPSA) is 59.7 Å². The normalized spacial score (nSPS) is 14.2. The van der Waals surface area contributed by atoms with E-state index in [1.807, 2.05) is 52.0 Å². The van der Waals surface area contributed by atoms with Gasteiger partial charge in [0.05, 0.1) is 10.9 Å². The van der Waals surface area contributed by atoms with Crippen LogP contribution in [-0.4, -0.2) is 10.7 Å². The molecule has 4 nitrogen and oxygen atoms in total. The van der Waals surface area contributed by atoms with Crippen LogP contribution < -0.4 is 10.2 Å². The third-order valence-electron chi connectivity index (χ3n) is 5.72. The maximum absolute atomic E-state index is 13.5. The van der Waals surface area contributed by atoms with Gasteiger partial charge in [0.2, 0.25) is 5.43 Å². The third-order valence-corrected chi connectivity index (χ3v) is 5.72. The molecule has 0 aliphatic carbocycles. The molecule has 1 aliphatic rings. The van der Waals surface area contributed by atoms with E-state index in [1.165, 1.54) is 5.57 Å². The molecule has 2 aromatic carbocycles. The Morgan fingerprint density at radius 3 is 2.44 bits per heavy atom. The third kappa shape index (κ3) is 3.97. The lowest BCUT2D eigenvalue weighted by Gasteiger charge is -2.30. The van der Waals surface area contributed by atoms with Crippen LogP contribution >= 0.6 is 0 Å². The minimum Gasteiger partial charge on any atom is -0.506 e. The van der Waals surface area contributed by atoms with E-state index in [1.54, 1.807) is 6.07 Å². The van der Waals surface area contributed by atoms with E-state index in [4.69, 9.17) is 9.15 Å². The first-order chi connectivity index (χ1) is 15.1. The zero-order valence-corrected chi connectivity index (χ0v) is 19.6. The molecule has 0 bridgehead atoms. The van der Waals surface area contributed by atoms with Gasteiger partial charge in [-0.2, -0.15) is 0 Å². The largest absolute Gasteiger partial charge is 0.506 e. The number of aromatic hydroxyl groups is 1. The Labute approximate surface area is 188 Å². The smallest absolute Gasteiger partial charge is 0.204 e. The molecule has 2 heterocycles. The fourth-order valence-corrected chi connectivity index (χ4v) is 3.97. The monoisotopic (exact) mass is 430 g/mol. The molecular weight excluding hydrogens is 400 g/mol. The molecule has 166 valence electrons. The summed E-state index contributed by atoms with van der Waals surface area (Å²) in [6.45, 7) is 12.1. The van der Waals surface area contributed by atoms with Gasteiger partial charge in [0.1, 0.15) is 33.7 Å². The van der Waals surface area contributed by atoms with E-state index in [2.05, 4.69) is 26.0 Å². The SMILES string of the molecule is CC(C)=CCc1ccc2c(=O)c3c(O)c4c(c(CC=C(C)C)c3oc2c1)OC(C)(C)C=C4. The zero-order chi connectivity index (χ0) is 23.2. The lowest BCUT2D eigenvalue weighted by Crippen LogP contribution is -2.28. The Bertz CT molecular complexity index is 1370. The first kappa shape index (κ1) is 21.9. The Balaban J connectivity index is 2.07. The van der Waals surface area contributed by atoms with E-state index in [0.29, 0.717) is 34.3 Å². The van der Waals surface area contributed by atoms with E-state index in [9.17, 15) is 9.90 Å². The molecule has 3 aromatic rings. The second-order valence-electron chi connectivity index (χ2n) is 9.55. The van der Waals surface area contributed by atoms with E-state index in [0.717, 1.165) is 23.1 Å². The van der Waals surface area contributed by atoms with Crippen LogP contribution in [0.3, 0.4) is 0 Å². The second-order valence-corrected chi connectivity index (χ2v) is 9.55. The lowest BCUT2D eigenvalue weighted by molar-refractivity contribution is 0.157. The number of hydrogen-bond donors (Lipinski definition) is 1. The summed E-state index contributed by atoms with van der Waals surface area (Å²) in [6.07, 6.45) is 9.26. The standard InChI is InChI=1S/C28H30O4/c1-16(2)7-9-18-10-12-19-22(15-18)31-27-21(11-8-17(3)4)26-20(13-14-28(5,6)32-26)25(30)23(27)24(19)29/h7-8,10,12-15,30H,9,11H2,1-6H3. The molecule has 1 N–H and O–H groups in total. The Kier molecular flexibility index (Phi) is 5.49. The summed E-state index contributed by atoms with van der Waals surface area (Å²) in [6, 6.07) is 5.65. The average Bonchev–Trinajstić information content (AvgIpc) is 2.70. The number of rotatable bonds is 4. The van der Waals surface area contributed by atoms with Gasteiger partial charge in [-0.15, -0.1) is 0 Å². The predicted octanol–water partition coefficient (Wildman–Crippen LogP) is 6.85. The maximum Gasteiger partial charge on any atom is 0.204 e. The van der Waals surface area contributed by atoms with Crippen molar-refractivity contribution in [3.05, 3.63) is 74.5 Å². The summed E-state index contributed by atoms with van der Waals surface area (Å²) >= 11 is 0. The molecular formula is C28H30O4. The van der Waals surface area contributed by atoms with Crippen LogP contribution in [0.2, 0.25) is 0 Å². The van der Waals surface area contributed by atoms with E-state index < -0.39 is 5.60 Å². The fraction of sp³-hybridized carbons (Fsp3) is 0.321. The minimum absolute atomic E-state index is 0.0908. The molecule has 0 fully saturated rings. The van der Waals surface area contributed by atoms with Crippen LogP contribution in [-0.2, 0) is 12.8 Å². The number of fused-ring (bicyclic) bond motifs is 3. The molecule has 0 spiro atoms. The molecule has 32 heavy (non-hydrogen) atoms. The minimum atomic E-state index is -0.526. The number of hydrogen-bond acceptors (Lipinski definition) is 4. The molecule has 4 rings (SSSR count). The first-order valence-corrected chi connectivity index (χ1v) is 11.0. The maximum atomic E-state index is 13.5. The van der Waals surface area contributed by atoms with Crippen molar-refractivity contribution in [3.63, 3.8) is 0 Å². The van der Waals surface area contributed by atoms with Gasteiger partial charge in [-0.3, -0.25) is 4.79 Å². The summed E-state index contributed by atoms with van der Waals surface area (Å²) in [7, 11) is 0. The van der Waals surface area contributed by atoms with Crippen LogP contribution in [0.4, 0.5) is 0 Å². The summed E-state index contributed by atoms with van der Waals surface area (Å²) < 4.78 is 12.6. The van der Waals surface area contributed by atoms with Crippen molar-refractivity contribution in [1.82, 2.24) is 0 Å². The van der Waals surface area contributed by atoms with Crippen LogP contribution in [0.25, 0.3) is 28.0 Å². The fourth-order valence-electron chi connectivity index (χ4n) is 3.97. The highest BCUT2D eigenvalue weighted by Crippen LogP contribution is 2.45. The number of phenolic OH excluding ortho intramolecular Hbond substituents is 1. The van der Waals surface area contributed by atoms with Crippen molar-refractivity contribution >= 4 is 28.0 Å². The number of benzene rings is 2. The zero-order valence-electron chi connectivity index (χ0n) is 19.6. The van der Waals surface area contributed by atoms with Crippen LogP contribution in [0.15, 0.2) is 56.8 Å². The van der Waals surface area contributed by atoms with Gasteiger partial charge in [0.25, 0.3) is 0 Å². The van der Waals surface area contributed by atoms with Gasteiger partial charge < -0.3 is 14.3 Å². The Morgan fingerprint density at radius 2 is 1.75 bits per heavy atom. The van der Waals surface area contributed by atoms with Crippen molar-refractivity contribution < 1.29 is 14.3 Å². The number of ether oxygens (including phenoxy) is 1. The molecule has 0 atom stereocenters. The highest BCUT2D eigenvalue weighted by molar-refractivity contribution is 5.99. The van der Waals surface area contributed by atoms with Gasteiger partial charge in [0.15, 0.2) is 0 Å². The molecule has 0 saturated heterocycles. The van der Waals surface area contributed by atoms with Crippen LogP contribution in [0.1, 0.15) is 58.2 Å². The summed E-state index contributed by atoms with van der Waals surface area (Å²) in [5.41, 5.74) is 4.91. The quantitative estimate of drug-likeness (QED) is 0.363. The van der Waals surface area contributed by atoms with E-state index >= 15 is 0 Å². The Hall–Kier alpha value is -3.27. The lowest BCUT2D eigenvalue weighted by atomic mass is 9.94. The van der Waals surface area contributed by atoms with Gasteiger partial charge in [-0.05, 0) is 84.2 Å². The number of phenols is 1. The molecule has 4 heteroatoms. The molecule has 0 amide bonds. The van der Waals surface area contributed by atoms with Gasteiger partial charge in [0, 0.05) is 5.56 Å². The Morgan fingerprint density at radius 1 is 1.06 bits per heavy atom. The second kappa shape index (κ2) is 8.01. The molecule has 1 aliphatic heterocycles.